The molecule has 0 aliphatic heterocycles. The number of aliphatic hydroxyl groups excluding tert-OH is 1. The van der Waals surface area contributed by atoms with Gasteiger partial charge in [-0.3, -0.25) is 4.68 Å². The largest absolute Gasteiger partial charge is 0.392 e. The maximum absolute atomic E-state index is 9.93. The van der Waals surface area contributed by atoms with Crippen LogP contribution in [0.4, 0.5) is 0 Å². The molecule has 0 radical (unpaired) electrons. The van der Waals surface area contributed by atoms with E-state index in [1.807, 2.05) is 24.1 Å². The molecule has 0 saturated carbocycles. The van der Waals surface area contributed by atoms with Crippen LogP contribution in [0.5, 0.6) is 0 Å². The Morgan fingerprint density at radius 2 is 2.12 bits per heavy atom. The quantitative estimate of drug-likeness (QED) is 0.763. The molecule has 1 aromatic rings. The maximum atomic E-state index is 9.93. The van der Waals surface area contributed by atoms with Gasteiger partial charge in [0.25, 0.3) is 0 Å². The Balaban J connectivity index is 2.48. The highest BCUT2D eigenvalue weighted by molar-refractivity contribution is 5.09. The van der Waals surface area contributed by atoms with Crippen molar-refractivity contribution in [3.05, 3.63) is 18.0 Å². The summed E-state index contributed by atoms with van der Waals surface area (Å²) >= 11 is 0. The van der Waals surface area contributed by atoms with Gasteiger partial charge >= 0.3 is 0 Å². The fraction of sp³-hybridized carbons (Fsp3) is 0.769. The molecule has 98 valence electrons. The van der Waals surface area contributed by atoms with Gasteiger partial charge in [0, 0.05) is 31.4 Å². The van der Waals surface area contributed by atoms with Crippen molar-refractivity contribution in [2.24, 2.45) is 13.0 Å². The maximum Gasteiger partial charge on any atom is 0.0690 e. The lowest BCUT2D eigenvalue weighted by Crippen LogP contribution is -2.33. The minimum absolute atomic E-state index is 0.272. The van der Waals surface area contributed by atoms with Gasteiger partial charge in [0.2, 0.25) is 0 Å². The highest BCUT2D eigenvalue weighted by Gasteiger charge is 2.16. The molecule has 1 rings (SSSR count). The average Bonchev–Trinajstić information content (AvgIpc) is 2.75. The second-order valence-corrected chi connectivity index (χ2v) is 4.77. The molecule has 0 amide bonds. The van der Waals surface area contributed by atoms with Crippen molar-refractivity contribution >= 4 is 0 Å². The summed E-state index contributed by atoms with van der Waals surface area (Å²) in [6, 6.07) is 0.280. The van der Waals surface area contributed by atoms with Gasteiger partial charge in [-0.1, -0.05) is 27.2 Å². The number of hydrogen-bond acceptors (Lipinski definition) is 3. The molecule has 1 heterocycles. The monoisotopic (exact) mass is 239 g/mol. The first-order valence-electron chi connectivity index (χ1n) is 6.48. The molecular weight excluding hydrogens is 214 g/mol. The van der Waals surface area contributed by atoms with Crippen LogP contribution in [-0.2, 0) is 7.05 Å². The molecule has 3 atom stereocenters. The summed E-state index contributed by atoms with van der Waals surface area (Å²) in [5.74, 6) is 0.342. The lowest BCUT2D eigenvalue weighted by Gasteiger charge is -2.21. The lowest BCUT2D eigenvalue weighted by atomic mass is 10.0. The number of nitrogens with one attached hydrogen (secondary N) is 1. The average molecular weight is 239 g/mol. The molecule has 0 aliphatic carbocycles. The van der Waals surface area contributed by atoms with E-state index >= 15 is 0 Å². The Labute approximate surface area is 104 Å². The van der Waals surface area contributed by atoms with Gasteiger partial charge in [0.1, 0.15) is 0 Å². The molecule has 0 bridgehead atoms. The summed E-state index contributed by atoms with van der Waals surface area (Å²) in [5, 5.41) is 17.5. The van der Waals surface area contributed by atoms with Crippen molar-refractivity contribution in [1.29, 1.82) is 0 Å². The fourth-order valence-electron chi connectivity index (χ4n) is 1.85. The Hall–Kier alpha value is -0.870. The number of rotatable bonds is 7. The number of nitrogens with zero attached hydrogens (tertiary/aromatic N) is 2. The van der Waals surface area contributed by atoms with E-state index < -0.39 is 0 Å². The summed E-state index contributed by atoms with van der Waals surface area (Å²) in [5.41, 5.74) is 1.19. The molecule has 0 saturated heterocycles. The van der Waals surface area contributed by atoms with Gasteiger partial charge in [-0.15, -0.1) is 0 Å². The predicted molar refractivity (Wildman–Crippen MR) is 69.7 cm³/mol. The SMILES string of the molecule is CCC(NCC(O)C(C)CC)c1cnn(C)c1. The molecular formula is C13H25N3O. The Bertz CT molecular complexity index is 324. The van der Waals surface area contributed by atoms with Crippen molar-refractivity contribution in [1.82, 2.24) is 15.1 Å². The van der Waals surface area contributed by atoms with Gasteiger partial charge in [-0.05, 0) is 12.3 Å². The second-order valence-electron chi connectivity index (χ2n) is 4.77. The number of hydrogen-bond donors (Lipinski definition) is 2. The topological polar surface area (TPSA) is 50.1 Å². The molecule has 0 aliphatic rings. The Kier molecular flexibility index (Phi) is 5.65. The molecule has 2 N–H and O–H groups in total. The lowest BCUT2D eigenvalue weighted by molar-refractivity contribution is 0.109. The van der Waals surface area contributed by atoms with E-state index in [2.05, 4.69) is 31.2 Å². The summed E-state index contributed by atoms with van der Waals surface area (Å²) < 4.78 is 1.81. The van der Waals surface area contributed by atoms with Gasteiger partial charge in [0.15, 0.2) is 0 Å². The van der Waals surface area contributed by atoms with E-state index in [0.29, 0.717) is 12.5 Å². The normalized spacial score (nSPS) is 16.8. The van der Waals surface area contributed by atoms with Gasteiger partial charge in [-0.2, -0.15) is 5.10 Å². The van der Waals surface area contributed by atoms with Crippen molar-refractivity contribution < 1.29 is 5.11 Å². The minimum atomic E-state index is -0.272. The second kappa shape index (κ2) is 6.77. The Morgan fingerprint density at radius 3 is 2.59 bits per heavy atom. The zero-order chi connectivity index (χ0) is 12.8. The van der Waals surface area contributed by atoms with Crippen molar-refractivity contribution in [3.8, 4) is 0 Å². The fourth-order valence-corrected chi connectivity index (χ4v) is 1.85. The van der Waals surface area contributed by atoms with Crippen LogP contribution in [0, 0.1) is 5.92 Å². The first-order chi connectivity index (χ1) is 8.08. The number of aromatic nitrogens is 2. The van der Waals surface area contributed by atoms with Gasteiger partial charge < -0.3 is 10.4 Å². The third kappa shape index (κ3) is 4.13. The molecule has 0 spiro atoms. The first-order valence-corrected chi connectivity index (χ1v) is 6.48. The molecule has 4 nitrogen and oxygen atoms in total. The zero-order valence-corrected chi connectivity index (χ0v) is 11.3. The van der Waals surface area contributed by atoms with Crippen LogP contribution < -0.4 is 5.32 Å². The van der Waals surface area contributed by atoms with Gasteiger partial charge in [0.05, 0.1) is 12.3 Å². The number of aryl methyl sites for hydroxylation is 1. The van der Waals surface area contributed by atoms with E-state index in [4.69, 9.17) is 0 Å². The number of aliphatic hydroxyl groups is 1. The van der Waals surface area contributed by atoms with E-state index in [1.165, 1.54) is 5.56 Å². The van der Waals surface area contributed by atoms with E-state index in [1.54, 1.807) is 0 Å². The zero-order valence-electron chi connectivity index (χ0n) is 11.3. The summed E-state index contributed by atoms with van der Waals surface area (Å²) in [7, 11) is 1.92. The molecule has 17 heavy (non-hydrogen) atoms. The van der Waals surface area contributed by atoms with Crippen LogP contribution >= 0.6 is 0 Å². The van der Waals surface area contributed by atoms with Crippen LogP contribution in [0.15, 0.2) is 12.4 Å². The predicted octanol–water partition coefficient (Wildman–Crippen LogP) is 1.87. The van der Waals surface area contributed by atoms with Gasteiger partial charge in [-0.25, -0.2) is 0 Å². The standard InChI is InChI=1S/C13H25N3O/c1-5-10(3)13(17)8-14-12(6-2)11-7-15-16(4)9-11/h7,9-10,12-14,17H,5-6,8H2,1-4H3. The molecule has 3 unspecified atom stereocenters. The van der Waals surface area contributed by atoms with Crippen LogP contribution in [0.25, 0.3) is 0 Å². The summed E-state index contributed by atoms with van der Waals surface area (Å²) in [6.07, 6.45) is 5.64. The third-order valence-electron chi connectivity index (χ3n) is 3.41. The highest BCUT2D eigenvalue weighted by atomic mass is 16.3. The highest BCUT2D eigenvalue weighted by Crippen LogP contribution is 2.16. The third-order valence-corrected chi connectivity index (χ3v) is 3.41. The molecule has 1 aromatic heterocycles. The smallest absolute Gasteiger partial charge is 0.0690 e. The van der Waals surface area contributed by atoms with Crippen molar-refractivity contribution in [2.45, 2.75) is 45.8 Å². The van der Waals surface area contributed by atoms with E-state index in [0.717, 1.165) is 12.8 Å². The van der Waals surface area contributed by atoms with E-state index in [-0.39, 0.29) is 12.1 Å². The summed E-state index contributed by atoms with van der Waals surface area (Å²) in [4.78, 5) is 0. The molecule has 4 heteroatoms. The van der Waals surface area contributed by atoms with Crippen LogP contribution in [0.1, 0.15) is 45.2 Å². The van der Waals surface area contributed by atoms with Crippen LogP contribution in [-0.4, -0.2) is 27.5 Å². The van der Waals surface area contributed by atoms with Crippen molar-refractivity contribution in [3.63, 3.8) is 0 Å². The minimum Gasteiger partial charge on any atom is -0.392 e. The van der Waals surface area contributed by atoms with Crippen LogP contribution in [0.3, 0.4) is 0 Å². The van der Waals surface area contributed by atoms with Crippen LogP contribution in [0.2, 0.25) is 0 Å². The molecule has 0 aromatic carbocycles. The van der Waals surface area contributed by atoms with E-state index in [9.17, 15) is 5.11 Å². The Morgan fingerprint density at radius 1 is 1.41 bits per heavy atom. The molecule has 0 fully saturated rings. The first kappa shape index (κ1) is 14.2. The summed E-state index contributed by atoms with van der Waals surface area (Å²) in [6.45, 7) is 6.96. The van der Waals surface area contributed by atoms with Crippen molar-refractivity contribution in [2.75, 3.05) is 6.54 Å².